The summed E-state index contributed by atoms with van der Waals surface area (Å²) in [7, 11) is 0. The molecule has 0 amide bonds. The van der Waals surface area contributed by atoms with Gasteiger partial charge in [0.25, 0.3) is 0 Å². The molecule has 0 unspecified atom stereocenters. The molecule has 1 heterocycles. The Morgan fingerprint density at radius 2 is 1.41 bits per heavy atom. The Morgan fingerprint density at radius 1 is 0.719 bits per heavy atom. The Balaban J connectivity index is 1.73. The van der Waals surface area contributed by atoms with Gasteiger partial charge in [0.1, 0.15) is 11.6 Å². The van der Waals surface area contributed by atoms with Gasteiger partial charge in [-0.25, -0.2) is 9.37 Å². The maximum atomic E-state index is 13.7. The summed E-state index contributed by atoms with van der Waals surface area (Å²) in [5, 5.41) is 0. The lowest BCUT2D eigenvalue weighted by Crippen LogP contribution is -2.08. The fourth-order valence-electron chi connectivity index (χ4n) is 3.37. The van der Waals surface area contributed by atoms with Gasteiger partial charge in [-0.05, 0) is 47.5 Å². The van der Waals surface area contributed by atoms with E-state index in [2.05, 4.69) is 4.98 Å². The number of nitrogens with zero attached hydrogens (tertiary/aromatic N) is 2. The Hall–Kier alpha value is -3.62. The fraction of sp³-hybridized carbons (Fsp3) is 0.0870. The van der Waals surface area contributed by atoms with Gasteiger partial charge in [0.2, 0.25) is 0 Å². The summed E-state index contributed by atoms with van der Waals surface area (Å²) in [5.41, 5.74) is -1.30. The highest BCUT2D eigenvalue weighted by molar-refractivity contribution is 5.68. The maximum Gasteiger partial charge on any atom is 0.417 e. The van der Waals surface area contributed by atoms with Crippen LogP contribution in [0.4, 0.5) is 30.7 Å². The molecule has 0 spiro atoms. The molecule has 0 N–H and O–H groups in total. The van der Waals surface area contributed by atoms with E-state index in [-0.39, 0.29) is 17.0 Å². The third-order valence-electron chi connectivity index (χ3n) is 4.82. The van der Waals surface area contributed by atoms with Crippen LogP contribution in [0.15, 0.2) is 79.1 Å². The fourth-order valence-corrected chi connectivity index (χ4v) is 3.37. The van der Waals surface area contributed by atoms with Crippen LogP contribution in [0.25, 0.3) is 28.2 Å². The monoisotopic (exact) mass is 450 g/mol. The molecule has 0 saturated carbocycles. The van der Waals surface area contributed by atoms with Crippen molar-refractivity contribution in [3.8, 4) is 28.2 Å². The van der Waals surface area contributed by atoms with Crippen LogP contribution in [0.2, 0.25) is 0 Å². The molecule has 2 nitrogen and oxygen atoms in total. The average molecular weight is 450 g/mol. The highest BCUT2D eigenvalue weighted by Gasteiger charge is 2.34. The smallest absolute Gasteiger partial charge is 0.300 e. The van der Waals surface area contributed by atoms with E-state index < -0.39 is 29.3 Å². The second kappa shape index (κ2) is 7.81. The van der Waals surface area contributed by atoms with Gasteiger partial charge in [0.05, 0.1) is 11.1 Å². The molecule has 0 bridgehead atoms. The number of aromatic nitrogens is 2. The molecule has 0 fully saturated rings. The summed E-state index contributed by atoms with van der Waals surface area (Å²) >= 11 is 0. The second-order valence-corrected chi connectivity index (χ2v) is 6.94. The summed E-state index contributed by atoms with van der Waals surface area (Å²) in [6.07, 6.45) is -6.46. The Morgan fingerprint density at radius 3 is 2.06 bits per heavy atom. The first-order valence-electron chi connectivity index (χ1n) is 9.22. The zero-order valence-corrected chi connectivity index (χ0v) is 16.0. The van der Waals surface area contributed by atoms with Crippen LogP contribution in [0.3, 0.4) is 0 Å². The highest BCUT2D eigenvalue weighted by Crippen LogP contribution is 2.37. The SMILES string of the molecule is Fc1cc(-c2ccc(-n3ccnc3-c3ccccc3C(F)(F)F)cc2)cc(C(F)(F)F)c1. The number of benzene rings is 3. The summed E-state index contributed by atoms with van der Waals surface area (Å²) in [5.74, 6) is -0.977. The van der Waals surface area contributed by atoms with Gasteiger partial charge in [-0.2, -0.15) is 26.3 Å². The molecule has 0 aliphatic carbocycles. The van der Waals surface area contributed by atoms with E-state index in [1.54, 1.807) is 0 Å². The van der Waals surface area contributed by atoms with Crippen LogP contribution in [0.5, 0.6) is 0 Å². The van der Waals surface area contributed by atoms with Crippen molar-refractivity contribution in [3.05, 3.63) is 96.1 Å². The van der Waals surface area contributed by atoms with E-state index >= 15 is 0 Å². The topological polar surface area (TPSA) is 17.8 Å². The van der Waals surface area contributed by atoms with Gasteiger partial charge >= 0.3 is 12.4 Å². The quantitative estimate of drug-likeness (QED) is 0.298. The van der Waals surface area contributed by atoms with Crippen molar-refractivity contribution < 1.29 is 30.7 Å². The van der Waals surface area contributed by atoms with Crippen LogP contribution in [0, 0.1) is 5.82 Å². The van der Waals surface area contributed by atoms with Gasteiger partial charge in [-0.15, -0.1) is 0 Å². The average Bonchev–Trinajstić information content (AvgIpc) is 3.22. The van der Waals surface area contributed by atoms with E-state index in [9.17, 15) is 30.7 Å². The molecule has 0 atom stereocenters. The van der Waals surface area contributed by atoms with Crippen LogP contribution in [-0.2, 0) is 12.4 Å². The third kappa shape index (κ3) is 4.23. The van der Waals surface area contributed by atoms with Gasteiger partial charge < -0.3 is 0 Å². The minimum absolute atomic E-state index is 0.0251. The molecule has 0 aliphatic rings. The van der Waals surface area contributed by atoms with Crippen molar-refractivity contribution in [3.63, 3.8) is 0 Å². The van der Waals surface area contributed by atoms with Gasteiger partial charge in [-0.1, -0.05) is 30.3 Å². The summed E-state index contributed by atoms with van der Waals surface area (Å²) in [4.78, 5) is 4.06. The molecule has 0 radical (unpaired) electrons. The first-order chi connectivity index (χ1) is 15.0. The minimum atomic E-state index is -4.70. The van der Waals surface area contributed by atoms with Crippen molar-refractivity contribution >= 4 is 0 Å². The zero-order valence-electron chi connectivity index (χ0n) is 16.0. The number of rotatable bonds is 3. The van der Waals surface area contributed by atoms with Crippen LogP contribution in [-0.4, -0.2) is 9.55 Å². The van der Waals surface area contributed by atoms with E-state index in [4.69, 9.17) is 0 Å². The standard InChI is InChI=1S/C23H13F7N2/c24-17-12-15(11-16(13-17)22(25,26)27)14-5-7-18(8-6-14)32-10-9-31-21(32)19-3-1-2-4-20(19)23(28,29)30/h1-13H. The third-order valence-corrected chi connectivity index (χ3v) is 4.82. The van der Waals surface area contributed by atoms with Gasteiger partial charge in [0, 0.05) is 23.6 Å². The Labute approximate surface area is 177 Å². The number of hydrogen-bond donors (Lipinski definition) is 0. The molecule has 3 aromatic carbocycles. The highest BCUT2D eigenvalue weighted by atomic mass is 19.4. The first kappa shape index (κ1) is 21.6. The van der Waals surface area contributed by atoms with Crippen molar-refractivity contribution in [2.75, 3.05) is 0 Å². The van der Waals surface area contributed by atoms with Crippen LogP contribution >= 0.6 is 0 Å². The molecule has 164 valence electrons. The summed E-state index contributed by atoms with van der Waals surface area (Å²) < 4.78 is 94.3. The van der Waals surface area contributed by atoms with Gasteiger partial charge in [0.15, 0.2) is 0 Å². The van der Waals surface area contributed by atoms with Crippen LogP contribution < -0.4 is 0 Å². The second-order valence-electron chi connectivity index (χ2n) is 6.94. The number of hydrogen-bond acceptors (Lipinski definition) is 1. The Kier molecular flexibility index (Phi) is 5.28. The predicted octanol–water partition coefficient (Wildman–Crippen LogP) is 7.38. The Bertz CT molecular complexity index is 1250. The van der Waals surface area contributed by atoms with Gasteiger partial charge in [-0.3, -0.25) is 4.57 Å². The molecule has 0 saturated heterocycles. The first-order valence-corrected chi connectivity index (χ1v) is 9.22. The van der Waals surface area contributed by atoms with E-state index in [0.29, 0.717) is 17.3 Å². The number of imidazole rings is 1. The number of alkyl halides is 6. The molecule has 32 heavy (non-hydrogen) atoms. The minimum Gasteiger partial charge on any atom is -0.300 e. The molecular formula is C23H13F7N2. The largest absolute Gasteiger partial charge is 0.417 e. The lowest BCUT2D eigenvalue weighted by Gasteiger charge is -2.14. The van der Waals surface area contributed by atoms with E-state index in [0.717, 1.165) is 18.2 Å². The van der Waals surface area contributed by atoms with Crippen molar-refractivity contribution in [2.45, 2.75) is 12.4 Å². The molecular weight excluding hydrogens is 437 g/mol. The molecule has 0 aliphatic heterocycles. The number of halogens is 7. The maximum absolute atomic E-state index is 13.7. The van der Waals surface area contributed by atoms with Crippen LogP contribution in [0.1, 0.15) is 11.1 Å². The van der Waals surface area contributed by atoms with Crippen molar-refractivity contribution in [2.24, 2.45) is 0 Å². The van der Waals surface area contributed by atoms with Crippen molar-refractivity contribution in [1.82, 2.24) is 9.55 Å². The predicted molar refractivity (Wildman–Crippen MR) is 104 cm³/mol. The summed E-state index contributed by atoms with van der Waals surface area (Å²) in [6, 6.07) is 13.2. The van der Waals surface area contributed by atoms with E-state index in [1.807, 2.05) is 0 Å². The lowest BCUT2D eigenvalue weighted by atomic mass is 10.0. The normalized spacial score (nSPS) is 12.2. The lowest BCUT2D eigenvalue weighted by molar-refractivity contribution is -0.138. The molecule has 1 aromatic heterocycles. The van der Waals surface area contributed by atoms with Crippen molar-refractivity contribution in [1.29, 1.82) is 0 Å². The van der Waals surface area contributed by atoms with E-state index in [1.165, 1.54) is 59.4 Å². The molecule has 9 heteroatoms. The summed E-state index contributed by atoms with van der Waals surface area (Å²) in [6.45, 7) is 0. The molecule has 4 rings (SSSR count). The zero-order chi connectivity index (χ0) is 23.1. The molecule has 4 aromatic rings.